The van der Waals surface area contributed by atoms with Crippen molar-refractivity contribution in [1.29, 1.82) is 0 Å². The molecule has 3 N–H and O–H groups in total. The molecule has 32 heavy (non-hydrogen) atoms. The van der Waals surface area contributed by atoms with E-state index in [0.717, 1.165) is 36.6 Å². The number of nitrogens with zero attached hydrogens (tertiary/aromatic N) is 5. The van der Waals surface area contributed by atoms with Crippen LogP contribution in [0.5, 0.6) is 5.88 Å². The molecule has 0 atom stereocenters. The van der Waals surface area contributed by atoms with Gasteiger partial charge in [-0.3, -0.25) is 14.3 Å². The molecule has 0 amide bonds. The van der Waals surface area contributed by atoms with Crippen LogP contribution in [-0.2, 0) is 13.6 Å². The highest BCUT2D eigenvalue weighted by Gasteiger charge is 2.18. The summed E-state index contributed by atoms with van der Waals surface area (Å²) in [7, 11) is 1.54. The Bertz CT molecular complexity index is 1430. The third-order valence-electron chi connectivity index (χ3n) is 5.43. The van der Waals surface area contributed by atoms with Crippen LogP contribution in [0.3, 0.4) is 0 Å². The Morgan fingerprint density at radius 2 is 1.91 bits per heavy atom. The van der Waals surface area contributed by atoms with Crippen molar-refractivity contribution in [3.8, 4) is 5.88 Å². The zero-order chi connectivity index (χ0) is 22.8. The number of hydrogen-bond donors (Lipinski definition) is 3. The monoisotopic (exact) mass is 501 g/mol. The van der Waals surface area contributed by atoms with Crippen molar-refractivity contribution < 1.29 is 5.11 Å². The van der Waals surface area contributed by atoms with Crippen molar-refractivity contribution >= 4 is 49.6 Å². The lowest BCUT2D eigenvalue weighted by Crippen LogP contribution is -2.29. The van der Waals surface area contributed by atoms with Crippen molar-refractivity contribution in [2.45, 2.75) is 45.6 Å². The van der Waals surface area contributed by atoms with Gasteiger partial charge in [0.2, 0.25) is 5.88 Å². The third-order valence-corrected chi connectivity index (χ3v) is 5.92. The number of fused-ring (bicyclic) bond motifs is 2. The number of H-pyrrole nitrogens is 2. The van der Waals surface area contributed by atoms with Gasteiger partial charge in [-0.05, 0) is 24.6 Å². The number of rotatable bonds is 8. The second-order valence-corrected chi connectivity index (χ2v) is 8.60. The standard InChI is InChI=1S/C21H24BrN7O3/c1-3-4-5-6-7-10-29-16-17(28(2)21(32)25-19(16)31)24-20(29)27-26-15-13-11-12(22)8-9-14(13)23-18(15)30/h8-9,11,23,30H,3-7,10H2,1-2H3,(H,25,31,32). The van der Waals surface area contributed by atoms with Crippen molar-refractivity contribution in [3.05, 3.63) is 43.5 Å². The van der Waals surface area contributed by atoms with Crippen LogP contribution < -0.4 is 11.2 Å². The SMILES string of the molecule is CCCCCCCn1c(N=Nc2c(O)[nH]c3ccc(Br)cc23)nc2c1c(=O)[nH]c(=O)n2C. The molecule has 0 unspecified atom stereocenters. The molecule has 168 valence electrons. The van der Waals surface area contributed by atoms with Crippen molar-refractivity contribution in [3.63, 3.8) is 0 Å². The number of azo groups is 1. The molecule has 0 aliphatic rings. The fourth-order valence-electron chi connectivity index (χ4n) is 3.72. The van der Waals surface area contributed by atoms with Crippen LogP contribution >= 0.6 is 15.9 Å². The number of aromatic hydroxyl groups is 1. The van der Waals surface area contributed by atoms with Gasteiger partial charge >= 0.3 is 5.69 Å². The molecule has 0 spiro atoms. The molecule has 11 heteroatoms. The molecular formula is C21H24BrN7O3. The summed E-state index contributed by atoms with van der Waals surface area (Å²) < 4.78 is 3.80. The Kier molecular flexibility index (Phi) is 6.26. The molecule has 0 fully saturated rings. The van der Waals surface area contributed by atoms with Crippen LogP contribution in [0.4, 0.5) is 11.6 Å². The molecule has 0 saturated carbocycles. The van der Waals surface area contributed by atoms with Gasteiger partial charge in [0.15, 0.2) is 16.9 Å². The van der Waals surface area contributed by atoms with E-state index in [2.05, 4.69) is 48.0 Å². The van der Waals surface area contributed by atoms with E-state index in [1.165, 1.54) is 4.57 Å². The Morgan fingerprint density at radius 3 is 2.69 bits per heavy atom. The first-order chi connectivity index (χ1) is 15.4. The lowest BCUT2D eigenvalue weighted by atomic mass is 10.1. The summed E-state index contributed by atoms with van der Waals surface area (Å²) in [6.45, 7) is 2.67. The fraction of sp³-hybridized carbons (Fsp3) is 0.381. The molecule has 0 radical (unpaired) electrons. The molecule has 4 aromatic rings. The van der Waals surface area contributed by atoms with Crippen molar-refractivity contribution in [2.24, 2.45) is 17.3 Å². The lowest BCUT2D eigenvalue weighted by Gasteiger charge is -2.06. The summed E-state index contributed by atoms with van der Waals surface area (Å²) in [4.78, 5) is 34.2. The second kappa shape index (κ2) is 9.11. The van der Waals surface area contributed by atoms with Crippen LogP contribution in [0.2, 0.25) is 0 Å². The molecule has 0 aliphatic carbocycles. The highest BCUT2D eigenvalue weighted by atomic mass is 79.9. The summed E-state index contributed by atoms with van der Waals surface area (Å²) in [5, 5.41) is 19.5. The van der Waals surface area contributed by atoms with Gasteiger partial charge in [-0.2, -0.15) is 4.98 Å². The van der Waals surface area contributed by atoms with Crippen LogP contribution in [0, 0.1) is 0 Å². The first-order valence-electron chi connectivity index (χ1n) is 10.5. The first-order valence-corrected chi connectivity index (χ1v) is 11.3. The number of aryl methyl sites for hydroxylation is 2. The van der Waals surface area contributed by atoms with Gasteiger partial charge in [-0.15, -0.1) is 10.2 Å². The van der Waals surface area contributed by atoms with E-state index < -0.39 is 11.2 Å². The maximum Gasteiger partial charge on any atom is 0.329 e. The van der Waals surface area contributed by atoms with Crippen LogP contribution in [0.1, 0.15) is 39.0 Å². The van der Waals surface area contributed by atoms with Crippen LogP contribution in [0.25, 0.3) is 22.1 Å². The molecule has 10 nitrogen and oxygen atoms in total. The number of unbranched alkanes of at least 4 members (excludes halogenated alkanes) is 4. The minimum absolute atomic E-state index is 0.116. The van der Waals surface area contributed by atoms with E-state index >= 15 is 0 Å². The fourth-order valence-corrected chi connectivity index (χ4v) is 4.08. The van der Waals surface area contributed by atoms with E-state index in [0.29, 0.717) is 17.4 Å². The van der Waals surface area contributed by atoms with Gasteiger partial charge in [0.05, 0.1) is 5.52 Å². The molecular weight excluding hydrogens is 478 g/mol. The summed E-state index contributed by atoms with van der Waals surface area (Å²) in [6, 6.07) is 5.49. The van der Waals surface area contributed by atoms with Gasteiger partial charge in [-0.25, -0.2) is 4.79 Å². The first kappa shape index (κ1) is 22.0. The highest BCUT2D eigenvalue weighted by Crippen LogP contribution is 2.37. The normalized spacial score (nSPS) is 12.0. The zero-order valence-electron chi connectivity index (χ0n) is 17.9. The number of imidazole rings is 1. The van der Waals surface area contributed by atoms with Gasteiger partial charge in [0.25, 0.3) is 11.5 Å². The van der Waals surface area contributed by atoms with Gasteiger partial charge in [0.1, 0.15) is 0 Å². The van der Waals surface area contributed by atoms with Crippen molar-refractivity contribution in [1.82, 2.24) is 24.1 Å². The summed E-state index contributed by atoms with van der Waals surface area (Å²) >= 11 is 3.42. The predicted octanol–water partition coefficient (Wildman–Crippen LogP) is 4.76. The Morgan fingerprint density at radius 1 is 1.12 bits per heavy atom. The largest absolute Gasteiger partial charge is 0.493 e. The molecule has 3 heterocycles. The summed E-state index contributed by atoms with van der Waals surface area (Å²) in [5.74, 6) is 0.0836. The quantitative estimate of drug-likeness (QED) is 0.237. The summed E-state index contributed by atoms with van der Waals surface area (Å²) in [6.07, 6.45) is 5.24. The number of aromatic nitrogens is 5. The number of aromatic amines is 2. The zero-order valence-corrected chi connectivity index (χ0v) is 19.4. The number of hydrogen-bond acceptors (Lipinski definition) is 6. The molecule has 0 aliphatic heterocycles. The maximum absolute atomic E-state index is 12.6. The molecule has 3 aromatic heterocycles. The number of benzene rings is 1. The highest BCUT2D eigenvalue weighted by molar-refractivity contribution is 9.10. The van der Waals surface area contributed by atoms with E-state index in [9.17, 15) is 14.7 Å². The topological polar surface area (TPSA) is 133 Å². The van der Waals surface area contributed by atoms with Gasteiger partial charge in [-0.1, -0.05) is 48.5 Å². The van der Waals surface area contributed by atoms with E-state index in [1.54, 1.807) is 11.6 Å². The molecule has 0 bridgehead atoms. The molecule has 0 saturated heterocycles. The minimum Gasteiger partial charge on any atom is -0.493 e. The van der Waals surface area contributed by atoms with E-state index in [4.69, 9.17) is 0 Å². The van der Waals surface area contributed by atoms with Gasteiger partial charge < -0.3 is 14.7 Å². The average Bonchev–Trinajstić information content (AvgIpc) is 3.27. The Hall–Kier alpha value is -3.21. The summed E-state index contributed by atoms with van der Waals surface area (Å²) in [5.41, 5.74) is 0.449. The molecule has 1 aromatic carbocycles. The van der Waals surface area contributed by atoms with Crippen LogP contribution in [-0.4, -0.2) is 29.2 Å². The minimum atomic E-state index is -0.544. The smallest absolute Gasteiger partial charge is 0.329 e. The van der Waals surface area contributed by atoms with Crippen molar-refractivity contribution in [2.75, 3.05) is 0 Å². The Labute approximate surface area is 191 Å². The predicted molar refractivity (Wildman–Crippen MR) is 126 cm³/mol. The number of nitrogens with one attached hydrogen (secondary N) is 2. The Balaban J connectivity index is 1.79. The average molecular weight is 502 g/mol. The maximum atomic E-state index is 12.6. The second-order valence-electron chi connectivity index (χ2n) is 7.68. The van der Waals surface area contributed by atoms with E-state index in [-0.39, 0.29) is 28.7 Å². The van der Waals surface area contributed by atoms with E-state index in [1.807, 2.05) is 18.2 Å². The van der Waals surface area contributed by atoms with Gasteiger partial charge in [0, 0.05) is 23.5 Å². The number of halogens is 1. The molecule has 4 rings (SSSR count). The third kappa shape index (κ3) is 4.12. The van der Waals surface area contributed by atoms with Crippen LogP contribution in [0.15, 0.2) is 42.5 Å². The lowest BCUT2D eigenvalue weighted by molar-refractivity contribution is 0.459.